The molecular weight excluding hydrogens is 304 g/mol. The monoisotopic (exact) mass is 340 g/mol. The number of carboxylic acid groups (broad SMARTS) is 1. The molecule has 0 saturated heterocycles. The highest BCUT2D eigenvalue weighted by molar-refractivity contribution is 5.85. The van der Waals surface area contributed by atoms with E-state index in [9.17, 15) is 9.59 Å². The van der Waals surface area contributed by atoms with Crippen LogP contribution in [0, 0.1) is 0 Å². The van der Waals surface area contributed by atoms with E-state index in [2.05, 4.69) is 18.6 Å². The van der Waals surface area contributed by atoms with E-state index in [4.69, 9.17) is 5.11 Å². The molecule has 0 rings (SSSR count). The van der Waals surface area contributed by atoms with E-state index in [-0.39, 0.29) is 5.97 Å². The molecule has 0 aromatic carbocycles. The molecule has 0 radical (unpaired) electrons. The van der Waals surface area contributed by atoms with E-state index in [0.717, 1.165) is 19.3 Å². The number of esters is 1. The minimum Gasteiger partial charge on any atom is -0.478 e. The maximum atomic E-state index is 10.6. The quantitative estimate of drug-likeness (QED) is 0.282. The van der Waals surface area contributed by atoms with Gasteiger partial charge in [-0.25, -0.2) is 9.59 Å². The van der Waals surface area contributed by atoms with Gasteiger partial charge in [-0.1, -0.05) is 64.5 Å². The maximum absolute atomic E-state index is 10.6. The minimum atomic E-state index is -0.800. The number of rotatable bonds is 12. The summed E-state index contributed by atoms with van der Waals surface area (Å²) in [5.41, 5.74) is 0.464. The highest BCUT2D eigenvalue weighted by Gasteiger charge is 1.97. The van der Waals surface area contributed by atoms with Crippen molar-refractivity contribution in [3.05, 3.63) is 23.8 Å². The summed E-state index contributed by atoms with van der Waals surface area (Å²) in [7, 11) is 1.39. The van der Waals surface area contributed by atoms with E-state index in [1.807, 2.05) is 6.08 Å². The lowest BCUT2D eigenvalue weighted by Gasteiger charge is -1.95. The Morgan fingerprint density at radius 2 is 1.46 bits per heavy atom. The van der Waals surface area contributed by atoms with E-state index in [1.165, 1.54) is 58.1 Å². The third kappa shape index (κ3) is 20.4. The number of methoxy groups -OCH3 is 1. The van der Waals surface area contributed by atoms with Crippen LogP contribution in [0.4, 0.5) is 0 Å². The molecule has 4 nitrogen and oxygen atoms in total. The molecule has 0 heterocycles. The third-order valence-corrected chi connectivity index (χ3v) is 3.53. The number of carbonyl (C=O) groups is 2. The minimum absolute atomic E-state index is 0.259. The Morgan fingerprint density at radius 1 is 0.917 bits per heavy atom. The number of hydrogen-bond acceptors (Lipinski definition) is 3. The van der Waals surface area contributed by atoms with E-state index < -0.39 is 5.97 Å². The zero-order valence-corrected chi connectivity index (χ0v) is 16.0. The molecule has 0 aliphatic rings. The summed E-state index contributed by atoms with van der Waals surface area (Å²) in [6.07, 6.45) is 16.8. The normalized spacial score (nSPS) is 11.1. The average molecular weight is 341 g/mol. The number of unbranched alkanes of at least 4 members (excludes halogenated alkanes) is 8. The summed E-state index contributed by atoms with van der Waals surface area (Å²) >= 11 is 0. The van der Waals surface area contributed by atoms with Crippen LogP contribution in [0.5, 0.6) is 0 Å². The van der Waals surface area contributed by atoms with Crippen molar-refractivity contribution in [3.63, 3.8) is 0 Å². The van der Waals surface area contributed by atoms with E-state index >= 15 is 0 Å². The van der Waals surface area contributed by atoms with Crippen molar-refractivity contribution in [2.75, 3.05) is 7.11 Å². The molecule has 0 atom stereocenters. The Labute approximate surface area is 148 Å². The van der Waals surface area contributed by atoms with Crippen LogP contribution in [0.3, 0.4) is 0 Å². The number of hydrogen-bond donors (Lipinski definition) is 1. The van der Waals surface area contributed by atoms with Crippen LogP contribution < -0.4 is 0 Å². The topological polar surface area (TPSA) is 63.6 Å². The number of ether oxygens (including phenoxy) is 1. The van der Waals surface area contributed by atoms with Crippen LogP contribution in [0.1, 0.15) is 85.0 Å². The second kappa shape index (κ2) is 19.5. The van der Waals surface area contributed by atoms with Gasteiger partial charge < -0.3 is 9.84 Å². The van der Waals surface area contributed by atoms with Crippen LogP contribution in [0.2, 0.25) is 0 Å². The van der Waals surface area contributed by atoms with Crippen LogP contribution in [0.25, 0.3) is 0 Å². The summed E-state index contributed by atoms with van der Waals surface area (Å²) in [5, 5.41) is 8.52. The van der Waals surface area contributed by atoms with E-state index in [1.54, 1.807) is 13.0 Å². The molecule has 0 aliphatic carbocycles. The number of allylic oxidation sites excluding steroid dienone is 2. The van der Waals surface area contributed by atoms with Gasteiger partial charge >= 0.3 is 11.9 Å². The fourth-order valence-corrected chi connectivity index (χ4v) is 1.91. The molecule has 0 amide bonds. The first-order chi connectivity index (χ1) is 11.5. The Hall–Kier alpha value is -1.58. The van der Waals surface area contributed by atoms with Crippen molar-refractivity contribution in [3.8, 4) is 0 Å². The van der Waals surface area contributed by atoms with Crippen LogP contribution in [-0.2, 0) is 14.3 Å². The van der Waals surface area contributed by atoms with Gasteiger partial charge in [0, 0.05) is 11.6 Å². The summed E-state index contributed by atoms with van der Waals surface area (Å²) in [6, 6.07) is 0. The molecule has 24 heavy (non-hydrogen) atoms. The molecule has 4 heteroatoms. The van der Waals surface area contributed by atoms with Gasteiger partial charge in [-0.05, 0) is 32.6 Å². The highest BCUT2D eigenvalue weighted by atomic mass is 16.5. The van der Waals surface area contributed by atoms with E-state index in [0.29, 0.717) is 5.57 Å². The number of carbonyl (C=O) groups excluding carboxylic acids is 1. The Kier molecular flexibility index (Phi) is 20.0. The third-order valence-electron chi connectivity index (χ3n) is 3.53. The Balaban J connectivity index is 0. The molecule has 0 aromatic heterocycles. The van der Waals surface area contributed by atoms with Crippen molar-refractivity contribution in [1.29, 1.82) is 0 Å². The lowest BCUT2D eigenvalue weighted by atomic mass is 10.1. The van der Waals surface area contributed by atoms with Gasteiger partial charge in [0.2, 0.25) is 0 Å². The summed E-state index contributed by atoms with van der Waals surface area (Å²) in [4.78, 5) is 20.9. The smallest absolute Gasteiger partial charge is 0.330 e. The fourth-order valence-electron chi connectivity index (χ4n) is 1.91. The van der Waals surface area contributed by atoms with Gasteiger partial charge in [0.25, 0.3) is 0 Å². The highest BCUT2D eigenvalue weighted by Crippen LogP contribution is 2.05. The summed E-state index contributed by atoms with van der Waals surface area (Å²) in [5.74, 6) is -1.06. The van der Waals surface area contributed by atoms with Gasteiger partial charge in [0.05, 0.1) is 7.11 Å². The van der Waals surface area contributed by atoms with Gasteiger partial charge in [-0.3, -0.25) is 0 Å². The van der Waals surface area contributed by atoms with Crippen LogP contribution >= 0.6 is 0 Å². The number of aliphatic carboxylic acids is 1. The zero-order valence-electron chi connectivity index (χ0n) is 16.0. The zero-order chi connectivity index (χ0) is 18.6. The molecule has 0 unspecified atom stereocenters. The van der Waals surface area contributed by atoms with Crippen molar-refractivity contribution in [1.82, 2.24) is 0 Å². The molecule has 0 spiro atoms. The maximum Gasteiger partial charge on any atom is 0.330 e. The van der Waals surface area contributed by atoms with Gasteiger partial charge in [0.1, 0.15) is 0 Å². The van der Waals surface area contributed by atoms with Crippen molar-refractivity contribution >= 4 is 11.9 Å². The number of carboxylic acids is 1. The van der Waals surface area contributed by atoms with Crippen molar-refractivity contribution < 1.29 is 19.4 Å². The molecule has 1 N–H and O–H groups in total. The molecule has 0 aromatic rings. The molecule has 0 saturated carbocycles. The molecule has 0 fully saturated rings. The summed E-state index contributed by atoms with van der Waals surface area (Å²) < 4.78 is 4.45. The summed E-state index contributed by atoms with van der Waals surface area (Å²) in [6.45, 7) is 5.99. The fraction of sp³-hybridized carbons (Fsp3) is 0.700. The Morgan fingerprint density at radius 3 is 1.92 bits per heavy atom. The predicted molar refractivity (Wildman–Crippen MR) is 100 cm³/mol. The first-order valence-electron chi connectivity index (χ1n) is 9.14. The molecular formula is C20H36O4. The second-order valence-corrected chi connectivity index (χ2v) is 5.82. The Bertz CT molecular complexity index is 368. The standard InChI is InChI=1S/2C10H18O2/c1-3-4-5-6-7-8-9-10(11)12-2;1-3-4-5-6-7-8-9(2)10(11)12/h8-9H,3-7H2,1-2H3;8H,3-7H2,1-2H3,(H,11,12). The van der Waals surface area contributed by atoms with Gasteiger partial charge in [0.15, 0.2) is 0 Å². The van der Waals surface area contributed by atoms with Crippen LogP contribution in [0.15, 0.2) is 23.8 Å². The largest absolute Gasteiger partial charge is 0.478 e. The first-order valence-corrected chi connectivity index (χ1v) is 9.14. The predicted octanol–water partition coefficient (Wildman–Crippen LogP) is 5.67. The second-order valence-electron chi connectivity index (χ2n) is 5.82. The lowest BCUT2D eigenvalue weighted by molar-refractivity contribution is -0.135. The van der Waals surface area contributed by atoms with Gasteiger partial charge in [-0.2, -0.15) is 0 Å². The molecule has 140 valence electrons. The SMILES string of the molecule is CCCCCCC=C(C)C(=O)O.CCCCCCC=CC(=O)OC. The van der Waals surface area contributed by atoms with Crippen LogP contribution in [-0.4, -0.2) is 24.2 Å². The van der Waals surface area contributed by atoms with Crippen molar-refractivity contribution in [2.45, 2.75) is 85.0 Å². The molecule has 0 bridgehead atoms. The average Bonchev–Trinajstić information content (AvgIpc) is 2.57. The lowest BCUT2D eigenvalue weighted by Crippen LogP contribution is -1.95. The molecule has 0 aliphatic heterocycles. The van der Waals surface area contributed by atoms with Gasteiger partial charge in [-0.15, -0.1) is 0 Å². The first kappa shape index (κ1) is 24.7. The van der Waals surface area contributed by atoms with Crippen molar-refractivity contribution in [2.24, 2.45) is 0 Å².